The number of amides is 1. The number of benzene rings is 1. The summed E-state index contributed by atoms with van der Waals surface area (Å²) in [6.45, 7) is -1.47. The molecule has 2 aliphatic rings. The van der Waals surface area contributed by atoms with Gasteiger partial charge in [-0.05, 0) is 49.8 Å². The fraction of sp³-hybridized carbons (Fsp3) is 0.650. The molecule has 1 aromatic rings. The average molecular weight is 439 g/mol. The van der Waals surface area contributed by atoms with Crippen molar-refractivity contribution in [3.05, 3.63) is 29.8 Å². The van der Waals surface area contributed by atoms with Crippen molar-refractivity contribution >= 4 is 11.6 Å². The first-order valence-electron chi connectivity index (χ1n) is 9.66. The van der Waals surface area contributed by atoms with Crippen molar-refractivity contribution in [1.29, 1.82) is 0 Å². The Balaban J connectivity index is 1.59. The number of carbonyl (C=O) groups excluding carboxylic acids is 1. The van der Waals surface area contributed by atoms with E-state index in [2.05, 4.69) is 4.74 Å². The van der Waals surface area contributed by atoms with E-state index >= 15 is 0 Å². The van der Waals surface area contributed by atoms with Gasteiger partial charge in [-0.3, -0.25) is 4.79 Å². The van der Waals surface area contributed by atoms with E-state index in [1.165, 1.54) is 29.2 Å². The number of carbonyl (C=O) groups is 1. The smallest absolute Gasteiger partial charge is 0.387 e. The summed E-state index contributed by atoms with van der Waals surface area (Å²) in [5.74, 6) is -0.163. The molecule has 0 unspecified atom stereocenters. The minimum absolute atomic E-state index is 0.106. The third-order valence-corrected chi connectivity index (χ3v) is 5.94. The molecule has 1 heterocycles. The van der Waals surface area contributed by atoms with Crippen molar-refractivity contribution in [2.45, 2.75) is 56.5 Å². The summed E-state index contributed by atoms with van der Waals surface area (Å²) in [4.78, 5) is 14.6. The molecule has 0 aromatic heterocycles. The van der Waals surface area contributed by atoms with Gasteiger partial charge in [-0.1, -0.05) is 12.1 Å². The standard InChI is InChI=1S/C20H23F6NO3/c21-19(22,23)11-14-1-3-15(4-2-14)27-10-9-17(16(27)28)5-7-18(29,8-6-17)12-30-13-20(24,25)26/h1-4,29H,5-13H2/t17-,18-. The molecule has 0 radical (unpaired) electrons. The molecule has 0 atom stereocenters. The first-order valence-corrected chi connectivity index (χ1v) is 9.66. The van der Waals surface area contributed by atoms with Gasteiger partial charge < -0.3 is 14.7 Å². The maximum Gasteiger partial charge on any atom is 0.411 e. The topological polar surface area (TPSA) is 49.8 Å². The Morgan fingerprint density at radius 1 is 0.933 bits per heavy atom. The first-order chi connectivity index (χ1) is 13.8. The zero-order valence-corrected chi connectivity index (χ0v) is 16.2. The van der Waals surface area contributed by atoms with Gasteiger partial charge >= 0.3 is 12.4 Å². The van der Waals surface area contributed by atoms with E-state index in [4.69, 9.17) is 0 Å². The van der Waals surface area contributed by atoms with Crippen LogP contribution in [0.4, 0.5) is 32.0 Å². The summed E-state index contributed by atoms with van der Waals surface area (Å²) >= 11 is 0. The fourth-order valence-electron chi connectivity index (χ4n) is 4.25. The lowest BCUT2D eigenvalue weighted by Gasteiger charge is -2.40. The van der Waals surface area contributed by atoms with Gasteiger partial charge in [0.15, 0.2) is 0 Å². The number of hydrogen-bond acceptors (Lipinski definition) is 3. The zero-order valence-electron chi connectivity index (χ0n) is 16.2. The van der Waals surface area contributed by atoms with Crippen LogP contribution in [0, 0.1) is 5.41 Å². The molecule has 1 N–H and O–H groups in total. The van der Waals surface area contributed by atoms with Crippen molar-refractivity contribution in [2.75, 3.05) is 24.7 Å². The minimum Gasteiger partial charge on any atom is -0.387 e. The number of rotatable bonds is 5. The Hall–Kier alpha value is -1.81. The van der Waals surface area contributed by atoms with Gasteiger partial charge in [0.25, 0.3) is 0 Å². The molecule has 4 nitrogen and oxygen atoms in total. The number of anilines is 1. The zero-order chi connectivity index (χ0) is 22.2. The van der Waals surface area contributed by atoms with E-state index < -0.39 is 43.0 Å². The van der Waals surface area contributed by atoms with Crippen molar-refractivity contribution in [3.63, 3.8) is 0 Å². The van der Waals surface area contributed by atoms with Gasteiger partial charge in [-0.25, -0.2) is 0 Å². The second kappa shape index (κ2) is 8.03. The molecule has 2 fully saturated rings. The maximum absolute atomic E-state index is 13.0. The Bertz CT molecular complexity index is 751. The highest BCUT2D eigenvalue weighted by Gasteiger charge is 2.51. The number of alkyl halides is 6. The van der Waals surface area contributed by atoms with E-state index in [9.17, 15) is 36.2 Å². The lowest BCUT2D eigenvalue weighted by molar-refractivity contribution is -0.191. The van der Waals surface area contributed by atoms with Gasteiger partial charge in [-0.15, -0.1) is 0 Å². The number of nitrogens with zero attached hydrogens (tertiary/aromatic N) is 1. The molecule has 1 aliphatic carbocycles. The molecule has 168 valence electrons. The van der Waals surface area contributed by atoms with Crippen LogP contribution in [0.2, 0.25) is 0 Å². The molecule has 1 spiro atoms. The SMILES string of the molecule is O=C1N(c2ccc(CC(F)(F)F)cc2)CC[C@]12CC[C@](O)(COCC(F)(F)F)CC2. The molecule has 1 saturated heterocycles. The summed E-state index contributed by atoms with van der Waals surface area (Å²) in [5, 5.41) is 10.5. The largest absolute Gasteiger partial charge is 0.411 e. The molecule has 1 saturated carbocycles. The number of halogens is 6. The second-order valence-corrected chi connectivity index (χ2v) is 8.28. The highest BCUT2D eigenvalue weighted by molar-refractivity contribution is 6.00. The highest BCUT2D eigenvalue weighted by Crippen LogP contribution is 2.48. The molecule has 3 rings (SSSR count). The Morgan fingerprint density at radius 3 is 2.07 bits per heavy atom. The van der Waals surface area contributed by atoms with Crippen LogP contribution in [-0.4, -0.2) is 48.7 Å². The predicted molar refractivity (Wildman–Crippen MR) is 95.9 cm³/mol. The van der Waals surface area contributed by atoms with Crippen LogP contribution in [0.3, 0.4) is 0 Å². The summed E-state index contributed by atoms with van der Waals surface area (Å²) < 4.78 is 78.8. The number of aliphatic hydroxyl groups is 1. The third-order valence-electron chi connectivity index (χ3n) is 5.94. The lowest BCUT2D eigenvalue weighted by atomic mass is 9.68. The predicted octanol–water partition coefficient (Wildman–Crippen LogP) is 4.40. The third kappa shape index (κ3) is 5.46. The van der Waals surface area contributed by atoms with Crippen LogP contribution in [0.15, 0.2) is 24.3 Å². The Kier molecular flexibility index (Phi) is 6.12. The fourth-order valence-corrected chi connectivity index (χ4v) is 4.25. The second-order valence-electron chi connectivity index (χ2n) is 8.28. The van der Waals surface area contributed by atoms with E-state index in [1.54, 1.807) is 0 Å². The number of ether oxygens (including phenoxy) is 1. The summed E-state index contributed by atoms with van der Waals surface area (Å²) in [7, 11) is 0. The average Bonchev–Trinajstić information content (AvgIpc) is 2.93. The van der Waals surface area contributed by atoms with Gasteiger partial charge in [-0.2, -0.15) is 26.3 Å². The van der Waals surface area contributed by atoms with Crippen LogP contribution < -0.4 is 4.90 Å². The van der Waals surface area contributed by atoms with Crippen LogP contribution in [-0.2, 0) is 16.0 Å². The molecule has 1 amide bonds. The molecular weight excluding hydrogens is 416 g/mol. The lowest BCUT2D eigenvalue weighted by Crippen LogP contribution is -2.46. The van der Waals surface area contributed by atoms with Crippen LogP contribution >= 0.6 is 0 Å². The van der Waals surface area contributed by atoms with E-state index in [-0.39, 0.29) is 24.3 Å². The van der Waals surface area contributed by atoms with Crippen molar-refractivity contribution in [3.8, 4) is 0 Å². The maximum atomic E-state index is 13.0. The van der Waals surface area contributed by atoms with Gasteiger partial charge in [0, 0.05) is 12.2 Å². The van der Waals surface area contributed by atoms with Gasteiger partial charge in [0.05, 0.1) is 24.0 Å². The first kappa shape index (κ1) is 22.9. The highest BCUT2D eigenvalue weighted by atomic mass is 19.4. The van der Waals surface area contributed by atoms with Crippen molar-refractivity contribution in [1.82, 2.24) is 0 Å². The summed E-state index contributed by atoms with van der Waals surface area (Å²) in [5.41, 5.74) is -1.49. The van der Waals surface area contributed by atoms with Gasteiger partial charge in [0.2, 0.25) is 5.91 Å². The summed E-state index contributed by atoms with van der Waals surface area (Å²) in [6.07, 6.45) is -8.36. The van der Waals surface area contributed by atoms with E-state index in [0.717, 1.165) is 0 Å². The van der Waals surface area contributed by atoms with Crippen LogP contribution in [0.25, 0.3) is 0 Å². The molecule has 0 bridgehead atoms. The van der Waals surface area contributed by atoms with Crippen LogP contribution in [0.1, 0.15) is 37.7 Å². The molecule has 10 heteroatoms. The molecule has 30 heavy (non-hydrogen) atoms. The van der Waals surface area contributed by atoms with Crippen molar-refractivity contribution < 1.29 is 41.0 Å². The Morgan fingerprint density at radius 2 is 1.53 bits per heavy atom. The van der Waals surface area contributed by atoms with E-state index in [0.29, 0.717) is 31.5 Å². The minimum atomic E-state index is -4.47. The Labute approximate surface area is 169 Å². The molecule has 1 aromatic carbocycles. The van der Waals surface area contributed by atoms with E-state index in [1.807, 2.05) is 0 Å². The quantitative estimate of drug-likeness (QED) is 0.692. The van der Waals surface area contributed by atoms with Crippen molar-refractivity contribution in [2.24, 2.45) is 5.41 Å². The molecule has 1 aliphatic heterocycles. The number of hydrogen-bond donors (Lipinski definition) is 1. The van der Waals surface area contributed by atoms with Gasteiger partial charge in [0.1, 0.15) is 6.61 Å². The summed E-state index contributed by atoms with van der Waals surface area (Å²) in [6, 6.07) is 5.67. The van der Waals surface area contributed by atoms with Crippen LogP contribution in [0.5, 0.6) is 0 Å². The molecular formula is C20H23F6NO3. The monoisotopic (exact) mass is 439 g/mol. The normalized spacial score (nSPS) is 27.8.